The zero-order chi connectivity index (χ0) is 16.4. The van der Waals surface area contributed by atoms with Gasteiger partial charge in [0.1, 0.15) is 17.6 Å². The molecule has 122 valence electrons. The van der Waals surface area contributed by atoms with E-state index in [1.54, 1.807) is 7.11 Å². The third-order valence-electron chi connectivity index (χ3n) is 3.88. The van der Waals surface area contributed by atoms with Crippen molar-refractivity contribution in [1.29, 1.82) is 0 Å². The van der Waals surface area contributed by atoms with E-state index in [-0.39, 0.29) is 18.4 Å². The highest BCUT2D eigenvalue weighted by Gasteiger charge is 2.21. The number of carbonyl (C=O) groups is 1. The molecule has 0 radical (unpaired) electrons. The quantitative estimate of drug-likeness (QED) is 0.883. The first-order chi connectivity index (χ1) is 11.0. The zero-order valence-corrected chi connectivity index (χ0v) is 13.6. The lowest BCUT2D eigenvalue weighted by Gasteiger charge is -2.12. The predicted molar refractivity (Wildman–Crippen MR) is 85.7 cm³/mol. The van der Waals surface area contributed by atoms with Crippen molar-refractivity contribution in [2.75, 3.05) is 7.11 Å². The van der Waals surface area contributed by atoms with E-state index in [2.05, 4.69) is 15.5 Å². The standard InChI is InChI=1S/C17H21N3O3/c1-10-4-14(20-19-10)8-17(21)18-9-13-7-16-12(5-11(2)23-16)6-15(13)22-3/h4,6-7,11H,5,8-9H2,1-3H3,(H,18,21)(H,19,20). The molecule has 1 atom stereocenters. The maximum atomic E-state index is 12.0. The normalized spacial score (nSPS) is 15.9. The molecular formula is C17H21N3O3. The van der Waals surface area contributed by atoms with Gasteiger partial charge in [0, 0.05) is 29.8 Å². The van der Waals surface area contributed by atoms with Crippen LogP contribution in [0.1, 0.15) is 29.4 Å². The molecule has 6 heteroatoms. The molecule has 0 aliphatic carbocycles. The average molecular weight is 315 g/mol. The van der Waals surface area contributed by atoms with E-state index in [0.717, 1.165) is 40.4 Å². The summed E-state index contributed by atoms with van der Waals surface area (Å²) in [6.45, 7) is 4.35. The van der Waals surface area contributed by atoms with Crippen LogP contribution in [0, 0.1) is 6.92 Å². The van der Waals surface area contributed by atoms with Crippen LogP contribution in [0.15, 0.2) is 18.2 Å². The van der Waals surface area contributed by atoms with E-state index in [1.165, 1.54) is 0 Å². The number of aromatic amines is 1. The number of carbonyl (C=O) groups excluding carboxylic acids is 1. The monoisotopic (exact) mass is 315 g/mol. The topological polar surface area (TPSA) is 76.2 Å². The van der Waals surface area contributed by atoms with E-state index in [9.17, 15) is 4.79 Å². The number of ether oxygens (including phenoxy) is 2. The summed E-state index contributed by atoms with van der Waals surface area (Å²) < 4.78 is 11.2. The third kappa shape index (κ3) is 3.47. The maximum Gasteiger partial charge on any atom is 0.226 e. The zero-order valence-electron chi connectivity index (χ0n) is 13.6. The Labute approximate surface area is 135 Å². The van der Waals surface area contributed by atoms with Crippen molar-refractivity contribution in [3.8, 4) is 11.5 Å². The van der Waals surface area contributed by atoms with Crippen LogP contribution in [0.4, 0.5) is 0 Å². The Morgan fingerprint density at radius 3 is 3.00 bits per heavy atom. The van der Waals surface area contributed by atoms with Gasteiger partial charge in [-0.1, -0.05) is 0 Å². The molecule has 0 saturated heterocycles. The number of nitrogens with one attached hydrogen (secondary N) is 2. The lowest BCUT2D eigenvalue weighted by molar-refractivity contribution is -0.120. The van der Waals surface area contributed by atoms with Gasteiger partial charge in [0.25, 0.3) is 0 Å². The van der Waals surface area contributed by atoms with Gasteiger partial charge in [0.05, 0.1) is 19.2 Å². The molecule has 1 aliphatic rings. The Kier molecular flexibility index (Phi) is 4.23. The van der Waals surface area contributed by atoms with Gasteiger partial charge in [-0.3, -0.25) is 9.89 Å². The SMILES string of the molecule is COc1cc2c(cc1CNC(=O)Cc1cc(C)[nH]n1)OC(C)C2. The van der Waals surface area contributed by atoms with Crippen molar-refractivity contribution in [2.45, 2.75) is 39.3 Å². The number of benzene rings is 1. The lowest BCUT2D eigenvalue weighted by atomic mass is 10.1. The van der Waals surface area contributed by atoms with E-state index in [0.29, 0.717) is 6.54 Å². The molecule has 0 saturated carbocycles. The Hall–Kier alpha value is -2.50. The summed E-state index contributed by atoms with van der Waals surface area (Å²) >= 11 is 0. The maximum absolute atomic E-state index is 12.0. The minimum absolute atomic E-state index is 0.0756. The first-order valence-electron chi connectivity index (χ1n) is 7.69. The molecule has 1 amide bonds. The number of H-pyrrole nitrogens is 1. The minimum atomic E-state index is -0.0756. The highest BCUT2D eigenvalue weighted by atomic mass is 16.5. The second kappa shape index (κ2) is 6.32. The van der Waals surface area contributed by atoms with Gasteiger partial charge in [-0.15, -0.1) is 0 Å². The molecule has 0 fully saturated rings. The number of hydrogen-bond acceptors (Lipinski definition) is 4. The predicted octanol–water partition coefficient (Wildman–Crippen LogP) is 1.91. The van der Waals surface area contributed by atoms with Gasteiger partial charge in [0.15, 0.2) is 0 Å². The Balaban J connectivity index is 1.65. The molecule has 3 rings (SSSR count). The van der Waals surface area contributed by atoms with Crippen molar-refractivity contribution in [2.24, 2.45) is 0 Å². The average Bonchev–Trinajstić information content (AvgIpc) is 3.08. The molecule has 2 aromatic rings. The molecular weight excluding hydrogens is 294 g/mol. The van der Waals surface area contributed by atoms with E-state index in [1.807, 2.05) is 32.0 Å². The highest BCUT2D eigenvalue weighted by molar-refractivity contribution is 5.78. The molecule has 6 nitrogen and oxygen atoms in total. The number of aryl methyl sites for hydroxylation is 1. The van der Waals surface area contributed by atoms with Crippen molar-refractivity contribution in [3.05, 3.63) is 40.7 Å². The molecule has 1 aromatic heterocycles. The van der Waals surface area contributed by atoms with E-state index < -0.39 is 0 Å². The number of nitrogens with zero attached hydrogens (tertiary/aromatic N) is 1. The van der Waals surface area contributed by atoms with E-state index in [4.69, 9.17) is 9.47 Å². The Bertz CT molecular complexity index is 724. The summed E-state index contributed by atoms with van der Waals surface area (Å²) in [5.74, 6) is 1.58. The largest absolute Gasteiger partial charge is 0.496 e. The summed E-state index contributed by atoms with van der Waals surface area (Å²) in [7, 11) is 1.64. The van der Waals surface area contributed by atoms with Crippen LogP contribution in [-0.2, 0) is 24.2 Å². The third-order valence-corrected chi connectivity index (χ3v) is 3.88. The second-order valence-corrected chi connectivity index (χ2v) is 5.90. The highest BCUT2D eigenvalue weighted by Crippen LogP contribution is 2.34. The number of aromatic nitrogens is 2. The summed E-state index contributed by atoms with van der Waals surface area (Å²) in [5.41, 5.74) is 3.74. The van der Waals surface area contributed by atoms with Gasteiger partial charge in [-0.05, 0) is 32.0 Å². The number of hydrogen-bond donors (Lipinski definition) is 2. The van der Waals surface area contributed by atoms with Gasteiger partial charge >= 0.3 is 0 Å². The van der Waals surface area contributed by atoms with Crippen LogP contribution in [0.25, 0.3) is 0 Å². The van der Waals surface area contributed by atoms with Crippen LogP contribution in [-0.4, -0.2) is 29.3 Å². The Morgan fingerprint density at radius 2 is 2.30 bits per heavy atom. The fraction of sp³-hybridized carbons (Fsp3) is 0.412. The van der Waals surface area contributed by atoms with Crippen LogP contribution in [0.3, 0.4) is 0 Å². The minimum Gasteiger partial charge on any atom is -0.496 e. The van der Waals surface area contributed by atoms with Gasteiger partial charge in [0.2, 0.25) is 5.91 Å². The molecule has 1 aliphatic heterocycles. The Morgan fingerprint density at radius 1 is 1.48 bits per heavy atom. The van der Waals surface area contributed by atoms with Crippen LogP contribution in [0.2, 0.25) is 0 Å². The number of amides is 1. The van der Waals surface area contributed by atoms with Crippen LogP contribution >= 0.6 is 0 Å². The van der Waals surface area contributed by atoms with Crippen molar-refractivity contribution in [3.63, 3.8) is 0 Å². The molecule has 2 heterocycles. The molecule has 1 aromatic carbocycles. The molecule has 0 bridgehead atoms. The number of rotatable bonds is 5. The molecule has 23 heavy (non-hydrogen) atoms. The summed E-state index contributed by atoms with van der Waals surface area (Å²) in [5, 5.41) is 9.81. The fourth-order valence-corrected chi connectivity index (χ4v) is 2.80. The van der Waals surface area contributed by atoms with Crippen LogP contribution < -0.4 is 14.8 Å². The summed E-state index contributed by atoms with van der Waals surface area (Å²) in [6.07, 6.45) is 1.32. The number of fused-ring (bicyclic) bond motifs is 1. The van der Waals surface area contributed by atoms with Crippen LogP contribution in [0.5, 0.6) is 11.5 Å². The smallest absolute Gasteiger partial charge is 0.226 e. The van der Waals surface area contributed by atoms with Gasteiger partial charge in [-0.25, -0.2) is 0 Å². The summed E-state index contributed by atoms with van der Waals surface area (Å²) in [6, 6.07) is 5.82. The van der Waals surface area contributed by atoms with Gasteiger partial charge < -0.3 is 14.8 Å². The van der Waals surface area contributed by atoms with Crippen molar-refractivity contribution in [1.82, 2.24) is 15.5 Å². The van der Waals surface area contributed by atoms with Gasteiger partial charge in [-0.2, -0.15) is 5.10 Å². The fourth-order valence-electron chi connectivity index (χ4n) is 2.80. The first-order valence-corrected chi connectivity index (χ1v) is 7.69. The molecule has 2 N–H and O–H groups in total. The van der Waals surface area contributed by atoms with Crippen molar-refractivity contribution < 1.29 is 14.3 Å². The molecule has 1 unspecified atom stereocenters. The first kappa shape index (κ1) is 15.4. The number of methoxy groups -OCH3 is 1. The summed E-state index contributed by atoms with van der Waals surface area (Å²) in [4.78, 5) is 12.0. The van der Waals surface area contributed by atoms with E-state index >= 15 is 0 Å². The molecule has 0 spiro atoms. The van der Waals surface area contributed by atoms with Crippen molar-refractivity contribution >= 4 is 5.91 Å². The second-order valence-electron chi connectivity index (χ2n) is 5.90. The lowest BCUT2D eigenvalue weighted by Crippen LogP contribution is -2.25.